The number of benzene rings is 3. The van der Waals surface area contributed by atoms with Crippen LogP contribution in [0.2, 0.25) is 5.02 Å². The molecule has 1 aromatic heterocycles. The topological polar surface area (TPSA) is 48.2 Å². The molecule has 1 heterocycles. The van der Waals surface area contributed by atoms with Gasteiger partial charge in [-0.1, -0.05) is 51.8 Å². The average molecular weight is 456 g/mol. The van der Waals surface area contributed by atoms with E-state index in [0.29, 0.717) is 29.8 Å². The molecule has 0 unspecified atom stereocenters. The van der Waals surface area contributed by atoms with Crippen molar-refractivity contribution in [3.63, 3.8) is 0 Å². The van der Waals surface area contributed by atoms with Crippen LogP contribution in [0.5, 0.6) is 5.75 Å². The summed E-state index contributed by atoms with van der Waals surface area (Å²) in [5.74, 6) is 1.85. The van der Waals surface area contributed by atoms with E-state index in [1.54, 1.807) is 0 Å². The molecule has 0 atom stereocenters. The van der Waals surface area contributed by atoms with Crippen molar-refractivity contribution in [2.75, 3.05) is 0 Å². The lowest BCUT2D eigenvalue weighted by Gasteiger charge is -2.07. The lowest BCUT2D eigenvalue weighted by molar-refractivity contribution is 0.306. The molecule has 0 saturated carbocycles. The van der Waals surface area contributed by atoms with E-state index in [1.165, 1.54) is 0 Å². The first-order chi connectivity index (χ1) is 13.7. The fourth-order valence-electron chi connectivity index (χ4n) is 2.75. The Labute approximate surface area is 176 Å². The Morgan fingerprint density at radius 3 is 2.50 bits per heavy atom. The number of aromatic nitrogens is 2. The van der Waals surface area contributed by atoms with Crippen molar-refractivity contribution in [1.82, 2.24) is 10.2 Å². The minimum atomic E-state index is 0.457. The van der Waals surface area contributed by atoms with Crippen LogP contribution in [-0.2, 0) is 13.0 Å². The lowest BCUT2D eigenvalue weighted by Crippen LogP contribution is -1.95. The van der Waals surface area contributed by atoms with Crippen molar-refractivity contribution >= 4 is 27.5 Å². The first-order valence-electron chi connectivity index (χ1n) is 8.70. The number of nitrogens with zero attached hydrogens (tertiary/aromatic N) is 2. The summed E-state index contributed by atoms with van der Waals surface area (Å²) < 4.78 is 12.7. The molecule has 0 aliphatic carbocycles. The van der Waals surface area contributed by atoms with Crippen LogP contribution in [0.15, 0.2) is 81.7 Å². The second-order valence-electron chi connectivity index (χ2n) is 6.25. The highest BCUT2D eigenvalue weighted by atomic mass is 79.9. The largest absolute Gasteiger partial charge is 0.489 e. The lowest BCUT2D eigenvalue weighted by atomic mass is 10.1. The van der Waals surface area contributed by atoms with E-state index in [-0.39, 0.29) is 0 Å². The molecular weight excluding hydrogens is 440 g/mol. The van der Waals surface area contributed by atoms with Gasteiger partial charge in [-0.3, -0.25) is 0 Å². The molecule has 0 aliphatic rings. The summed E-state index contributed by atoms with van der Waals surface area (Å²) in [7, 11) is 0. The summed E-state index contributed by atoms with van der Waals surface area (Å²) in [5.41, 5.74) is 2.91. The summed E-state index contributed by atoms with van der Waals surface area (Å²) in [6.07, 6.45) is 0.542. The maximum Gasteiger partial charge on any atom is 0.247 e. The molecule has 4 aromatic rings. The Balaban J connectivity index is 1.45. The summed E-state index contributed by atoms with van der Waals surface area (Å²) in [5, 5.41) is 9.02. The van der Waals surface area contributed by atoms with E-state index in [1.807, 2.05) is 72.8 Å². The van der Waals surface area contributed by atoms with Gasteiger partial charge in [-0.05, 0) is 59.7 Å². The van der Waals surface area contributed by atoms with E-state index in [0.717, 1.165) is 26.9 Å². The molecule has 0 aliphatic heterocycles. The highest BCUT2D eigenvalue weighted by molar-refractivity contribution is 9.10. The van der Waals surface area contributed by atoms with Crippen LogP contribution in [0, 0.1) is 0 Å². The minimum absolute atomic E-state index is 0.457. The summed E-state index contributed by atoms with van der Waals surface area (Å²) in [4.78, 5) is 0. The SMILES string of the molecule is Clc1cccc(Cc2nnc(-c3cccc(COc4ccc(Br)cc4)c3)o2)c1. The Hall–Kier alpha value is -2.63. The van der Waals surface area contributed by atoms with Crippen LogP contribution in [0.25, 0.3) is 11.5 Å². The zero-order chi connectivity index (χ0) is 19.3. The molecule has 140 valence electrons. The molecule has 0 N–H and O–H groups in total. The van der Waals surface area contributed by atoms with Gasteiger partial charge in [0.15, 0.2) is 0 Å². The van der Waals surface area contributed by atoms with Crippen LogP contribution >= 0.6 is 27.5 Å². The third-order valence-corrected chi connectivity index (χ3v) is 4.87. The minimum Gasteiger partial charge on any atom is -0.489 e. The van der Waals surface area contributed by atoms with E-state index in [4.69, 9.17) is 20.8 Å². The molecule has 0 bridgehead atoms. The average Bonchev–Trinajstić information content (AvgIpc) is 3.16. The fourth-order valence-corrected chi connectivity index (χ4v) is 3.23. The van der Waals surface area contributed by atoms with Crippen LogP contribution in [-0.4, -0.2) is 10.2 Å². The normalized spacial score (nSPS) is 10.8. The van der Waals surface area contributed by atoms with Crippen LogP contribution in [0.1, 0.15) is 17.0 Å². The van der Waals surface area contributed by atoms with E-state index in [2.05, 4.69) is 26.1 Å². The van der Waals surface area contributed by atoms with Gasteiger partial charge in [0.2, 0.25) is 11.8 Å². The third kappa shape index (κ3) is 4.80. The molecule has 0 spiro atoms. The number of rotatable bonds is 6. The molecule has 0 amide bonds. The predicted molar refractivity (Wildman–Crippen MR) is 112 cm³/mol. The second-order valence-corrected chi connectivity index (χ2v) is 7.60. The first-order valence-corrected chi connectivity index (χ1v) is 9.87. The number of hydrogen-bond donors (Lipinski definition) is 0. The second kappa shape index (κ2) is 8.59. The van der Waals surface area contributed by atoms with Crippen LogP contribution in [0.4, 0.5) is 0 Å². The molecule has 4 rings (SSSR count). The Morgan fingerprint density at radius 2 is 1.68 bits per heavy atom. The maximum absolute atomic E-state index is 6.03. The number of ether oxygens (including phenoxy) is 1. The first kappa shape index (κ1) is 18.7. The Morgan fingerprint density at radius 1 is 0.893 bits per heavy atom. The summed E-state index contributed by atoms with van der Waals surface area (Å²) >= 11 is 9.45. The van der Waals surface area contributed by atoms with Crippen molar-refractivity contribution < 1.29 is 9.15 Å². The zero-order valence-electron chi connectivity index (χ0n) is 14.8. The quantitative estimate of drug-likeness (QED) is 0.341. The Bertz CT molecular complexity index is 1080. The van der Waals surface area contributed by atoms with Crippen molar-refractivity contribution in [1.29, 1.82) is 0 Å². The van der Waals surface area contributed by atoms with Gasteiger partial charge < -0.3 is 9.15 Å². The van der Waals surface area contributed by atoms with Gasteiger partial charge in [-0.2, -0.15) is 0 Å². The molecule has 0 fully saturated rings. The predicted octanol–water partition coefficient (Wildman–Crippen LogP) is 6.32. The highest BCUT2D eigenvalue weighted by Crippen LogP contribution is 2.22. The highest BCUT2D eigenvalue weighted by Gasteiger charge is 2.10. The monoisotopic (exact) mass is 454 g/mol. The van der Waals surface area contributed by atoms with Crippen molar-refractivity contribution in [2.45, 2.75) is 13.0 Å². The summed E-state index contributed by atoms with van der Waals surface area (Å²) in [6.45, 7) is 0.457. The molecular formula is C22H16BrClN2O2. The molecule has 4 nitrogen and oxygen atoms in total. The van der Waals surface area contributed by atoms with Gasteiger partial charge in [-0.25, -0.2) is 0 Å². The number of halogens is 2. The Kier molecular flexibility index (Phi) is 5.74. The molecule has 6 heteroatoms. The van der Waals surface area contributed by atoms with E-state index in [9.17, 15) is 0 Å². The van der Waals surface area contributed by atoms with Gasteiger partial charge in [-0.15, -0.1) is 10.2 Å². The standard InChI is InChI=1S/C22H16BrClN2O2/c23-18-7-9-20(10-8-18)27-14-16-4-1-5-17(11-16)22-26-25-21(28-22)13-15-3-2-6-19(24)12-15/h1-12H,13-14H2. The molecule has 0 saturated heterocycles. The number of hydrogen-bond acceptors (Lipinski definition) is 4. The van der Waals surface area contributed by atoms with Crippen LogP contribution < -0.4 is 4.74 Å². The molecule has 28 heavy (non-hydrogen) atoms. The van der Waals surface area contributed by atoms with Crippen molar-refractivity contribution in [3.05, 3.63) is 99.3 Å². The smallest absolute Gasteiger partial charge is 0.247 e. The maximum atomic E-state index is 6.03. The van der Waals surface area contributed by atoms with E-state index < -0.39 is 0 Å². The van der Waals surface area contributed by atoms with Crippen molar-refractivity contribution in [2.24, 2.45) is 0 Å². The zero-order valence-corrected chi connectivity index (χ0v) is 17.2. The van der Waals surface area contributed by atoms with E-state index >= 15 is 0 Å². The van der Waals surface area contributed by atoms with Gasteiger partial charge in [0.25, 0.3) is 0 Å². The van der Waals surface area contributed by atoms with Crippen LogP contribution in [0.3, 0.4) is 0 Å². The molecule has 3 aromatic carbocycles. The fraction of sp³-hybridized carbons (Fsp3) is 0.0909. The van der Waals surface area contributed by atoms with Gasteiger partial charge in [0.1, 0.15) is 12.4 Å². The van der Waals surface area contributed by atoms with Gasteiger partial charge in [0, 0.05) is 15.1 Å². The van der Waals surface area contributed by atoms with Gasteiger partial charge >= 0.3 is 0 Å². The summed E-state index contributed by atoms with van der Waals surface area (Å²) in [6, 6.07) is 23.3. The third-order valence-electron chi connectivity index (χ3n) is 4.10. The van der Waals surface area contributed by atoms with Gasteiger partial charge in [0.05, 0.1) is 6.42 Å². The molecule has 0 radical (unpaired) electrons. The van der Waals surface area contributed by atoms with Crippen molar-refractivity contribution in [3.8, 4) is 17.2 Å².